The Morgan fingerprint density at radius 2 is 1.19 bits per heavy atom. The molecule has 0 fully saturated rings. The summed E-state index contributed by atoms with van der Waals surface area (Å²) in [5, 5.41) is 24.8. The van der Waals surface area contributed by atoms with Crippen LogP contribution in [0.3, 0.4) is 0 Å². The SMILES string of the molecule is C[O-].C[O-].C[O-].Cc1c[c-](C)c(C)c1C.[Ti+4]. The first-order valence-corrected chi connectivity index (χ1v) is 4.55. The van der Waals surface area contributed by atoms with Gasteiger partial charge in [-0.2, -0.15) is 49.6 Å². The van der Waals surface area contributed by atoms with Crippen LogP contribution in [0.15, 0.2) is 6.07 Å². The molecule has 0 aliphatic carbocycles. The van der Waals surface area contributed by atoms with Crippen molar-refractivity contribution in [2.45, 2.75) is 27.7 Å². The van der Waals surface area contributed by atoms with Gasteiger partial charge in [0.15, 0.2) is 0 Å². The standard InChI is InChI=1S/C9H13.3CH3O.Ti/c1-6-5-7(2)9(4)8(6)3;3*1-2;/h5H,1-4H3;3*1H3;/q4*-1;+4. The van der Waals surface area contributed by atoms with Crippen LogP contribution in [0.25, 0.3) is 0 Å². The van der Waals surface area contributed by atoms with E-state index in [4.69, 9.17) is 15.3 Å². The summed E-state index contributed by atoms with van der Waals surface area (Å²) in [5.74, 6) is 0. The molecule has 0 N–H and O–H groups in total. The van der Waals surface area contributed by atoms with Gasteiger partial charge in [0.2, 0.25) is 0 Å². The van der Waals surface area contributed by atoms with Crippen LogP contribution >= 0.6 is 0 Å². The minimum absolute atomic E-state index is 0. The summed E-state index contributed by atoms with van der Waals surface area (Å²) in [5.41, 5.74) is 5.75. The van der Waals surface area contributed by atoms with Crippen LogP contribution in [0.4, 0.5) is 0 Å². The van der Waals surface area contributed by atoms with E-state index in [0.29, 0.717) is 0 Å². The molecule has 1 aromatic rings. The number of hydrogen-bond donors (Lipinski definition) is 0. The molecule has 0 aromatic heterocycles. The zero-order valence-corrected chi connectivity index (χ0v) is 12.9. The summed E-state index contributed by atoms with van der Waals surface area (Å²) in [7, 11) is 2.25. The van der Waals surface area contributed by atoms with Crippen molar-refractivity contribution in [3.05, 3.63) is 28.3 Å². The number of aryl methyl sites for hydroxylation is 2. The van der Waals surface area contributed by atoms with Gasteiger partial charge in [0, 0.05) is 0 Å². The molecule has 0 radical (unpaired) electrons. The topological polar surface area (TPSA) is 69.2 Å². The van der Waals surface area contributed by atoms with E-state index in [-0.39, 0.29) is 21.7 Å². The number of rotatable bonds is 0. The monoisotopic (exact) mass is 262 g/mol. The van der Waals surface area contributed by atoms with E-state index < -0.39 is 0 Å². The Morgan fingerprint density at radius 1 is 0.875 bits per heavy atom. The Kier molecular flexibility index (Phi) is 27.1. The zero-order chi connectivity index (χ0) is 13.0. The summed E-state index contributed by atoms with van der Waals surface area (Å²) in [6.45, 7) is 8.68. The molecule has 16 heavy (non-hydrogen) atoms. The molecule has 0 amide bonds. The van der Waals surface area contributed by atoms with E-state index in [1.165, 1.54) is 22.3 Å². The van der Waals surface area contributed by atoms with E-state index in [9.17, 15) is 0 Å². The van der Waals surface area contributed by atoms with E-state index >= 15 is 0 Å². The van der Waals surface area contributed by atoms with Crippen LogP contribution < -0.4 is 15.3 Å². The molecule has 0 aliphatic heterocycles. The fraction of sp³-hybridized carbons (Fsp3) is 0.583. The molecule has 0 atom stereocenters. The summed E-state index contributed by atoms with van der Waals surface area (Å²) in [4.78, 5) is 0. The molecule has 1 rings (SSSR count). The first-order chi connectivity index (χ1) is 7.13. The smallest absolute Gasteiger partial charge is 0.857 e. The maximum atomic E-state index is 8.25. The van der Waals surface area contributed by atoms with Crippen molar-refractivity contribution in [3.8, 4) is 0 Å². The first-order valence-electron chi connectivity index (χ1n) is 4.55. The maximum Gasteiger partial charge on any atom is 4.00 e. The Hall–Kier alpha value is -0.0557. The third-order valence-corrected chi connectivity index (χ3v) is 2.18. The van der Waals surface area contributed by atoms with Crippen molar-refractivity contribution in [1.29, 1.82) is 0 Å². The van der Waals surface area contributed by atoms with Crippen molar-refractivity contribution in [2.24, 2.45) is 0 Å². The van der Waals surface area contributed by atoms with Gasteiger partial charge in [-0.25, -0.2) is 0 Å². The second-order valence-electron chi connectivity index (χ2n) is 2.76. The van der Waals surface area contributed by atoms with Crippen LogP contribution in [-0.2, 0) is 21.7 Å². The van der Waals surface area contributed by atoms with Gasteiger partial charge >= 0.3 is 21.7 Å². The predicted octanol–water partition coefficient (Wildman–Crippen LogP) is -0.434. The van der Waals surface area contributed by atoms with Crippen LogP contribution in [0.1, 0.15) is 22.3 Å². The third-order valence-electron chi connectivity index (χ3n) is 2.18. The zero-order valence-electron chi connectivity index (χ0n) is 11.3. The third kappa shape index (κ3) is 9.19. The molecule has 0 spiro atoms. The van der Waals surface area contributed by atoms with Crippen molar-refractivity contribution >= 4 is 0 Å². The van der Waals surface area contributed by atoms with Gasteiger partial charge in [0.05, 0.1) is 0 Å². The van der Waals surface area contributed by atoms with Crippen molar-refractivity contribution in [3.63, 3.8) is 0 Å². The predicted molar refractivity (Wildman–Crippen MR) is 58.8 cm³/mol. The molecule has 0 saturated heterocycles. The summed E-state index contributed by atoms with van der Waals surface area (Å²) in [6, 6.07) is 2.24. The van der Waals surface area contributed by atoms with Gasteiger partial charge in [0.25, 0.3) is 0 Å². The van der Waals surface area contributed by atoms with Gasteiger partial charge < -0.3 is 15.3 Å². The van der Waals surface area contributed by atoms with Crippen molar-refractivity contribution in [1.82, 2.24) is 0 Å². The van der Waals surface area contributed by atoms with E-state index in [0.717, 1.165) is 21.3 Å². The minimum atomic E-state index is 0. The minimum Gasteiger partial charge on any atom is -0.857 e. The molecule has 3 nitrogen and oxygen atoms in total. The van der Waals surface area contributed by atoms with Crippen LogP contribution in [0.2, 0.25) is 0 Å². The molecule has 92 valence electrons. The molecular formula is C12H22O3Ti. The summed E-state index contributed by atoms with van der Waals surface area (Å²) in [6.07, 6.45) is 0. The second kappa shape index (κ2) is 17.3. The molecule has 1 aromatic carbocycles. The van der Waals surface area contributed by atoms with Crippen LogP contribution in [-0.4, -0.2) is 21.3 Å². The van der Waals surface area contributed by atoms with Gasteiger partial charge in [-0.15, -0.1) is 0 Å². The van der Waals surface area contributed by atoms with E-state index in [2.05, 4.69) is 33.8 Å². The van der Waals surface area contributed by atoms with E-state index in [1.807, 2.05) is 0 Å². The van der Waals surface area contributed by atoms with Crippen LogP contribution in [0.5, 0.6) is 0 Å². The normalized spacial score (nSPS) is 6.88. The van der Waals surface area contributed by atoms with Gasteiger partial charge in [-0.3, -0.25) is 0 Å². The molecule has 0 heterocycles. The van der Waals surface area contributed by atoms with Crippen LogP contribution in [0, 0.1) is 27.7 Å². The molecule has 0 aliphatic rings. The Balaban J connectivity index is -0.0000000900. The van der Waals surface area contributed by atoms with Gasteiger partial charge in [0.1, 0.15) is 0 Å². The van der Waals surface area contributed by atoms with Crippen molar-refractivity contribution < 1.29 is 37.0 Å². The quantitative estimate of drug-likeness (QED) is 0.470. The first kappa shape index (κ1) is 25.0. The number of hydrogen-bond acceptors (Lipinski definition) is 3. The van der Waals surface area contributed by atoms with Crippen molar-refractivity contribution in [2.75, 3.05) is 21.3 Å². The summed E-state index contributed by atoms with van der Waals surface area (Å²) < 4.78 is 0. The maximum absolute atomic E-state index is 8.25. The second-order valence-corrected chi connectivity index (χ2v) is 2.76. The molecular weight excluding hydrogens is 240 g/mol. The largest absolute Gasteiger partial charge is 4.00 e. The summed E-state index contributed by atoms with van der Waals surface area (Å²) >= 11 is 0. The molecule has 4 heteroatoms. The van der Waals surface area contributed by atoms with Gasteiger partial charge in [-0.05, 0) is 0 Å². The molecule has 0 unspecified atom stereocenters. The average molecular weight is 262 g/mol. The van der Waals surface area contributed by atoms with E-state index in [1.54, 1.807) is 0 Å². The Morgan fingerprint density at radius 3 is 1.25 bits per heavy atom. The molecule has 0 bridgehead atoms. The average Bonchev–Trinajstić information content (AvgIpc) is 2.54. The Bertz CT molecular complexity index is 210. The Labute approximate surface area is 114 Å². The molecule has 0 saturated carbocycles. The van der Waals surface area contributed by atoms with Gasteiger partial charge in [-0.1, -0.05) is 27.7 Å². The fourth-order valence-electron chi connectivity index (χ4n) is 1.13. The fourth-order valence-corrected chi connectivity index (χ4v) is 1.13.